The van der Waals surface area contributed by atoms with Gasteiger partial charge in [0, 0.05) is 7.05 Å². The highest BCUT2D eigenvalue weighted by molar-refractivity contribution is 5.75. The third-order valence-electron chi connectivity index (χ3n) is 0.774. The smallest absolute Gasteiger partial charge is 0.405 e. The molecule has 0 atom stereocenters. The molecule has 0 heterocycles. The molecule has 0 aromatic carbocycles. The Morgan fingerprint density at radius 3 is 2.27 bits per heavy atom. The zero-order valence-electron chi connectivity index (χ0n) is 6.14. The molecule has 11 heavy (non-hydrogen) atoms. The van der Waals surface area contributed by atoms with E-state index in [1.54, 1.807) is 0 Å². The molecule has 0 unspecified atom stereocenters. The summed E-state index contributed by atoms with van der Waals surface area (Å²) in [6.07, 6.45) is -2.46. The average Bonchev–Trinajstić information content (AvgIpc) is 1.84. The maximum Gasteiger partial charge on any atom is 0.573 e. The molecule has 0 fully saturated rings. The average molecular weight is 167 g/mol. The maximum atomic E-state index is 11.5. The fourth-order valence-electron chi connectivity index (χ4n) is 0.421. The van der Waals surface area contributed by atoms with Gasteiger partial charge in [-0.25, -0.2) is 0 Å². The van der Waals surface area contributed by atoms with Crippen LogP contribution in [0.2, 0.25) is 0 Å². The summed E-state index contributed by atoms with van der Waals surface area (Å²) in [6.45, 7) is 1.43. The van der Waals surface area contributed by atoms with Crippen LogP contribution in [0.25, 0.3) is 0 Å². The Balaban J connectivity index is 4.12. The van der Waals surface area contributed by atoms with E-state index in [4.69, 9.17) is 0 Å². The van der Waals surface area contributed by atoms with Gasteiger partial charge in [0.15, 0.2) is 0 Å². The highest BCUT2D eigenvalue weighted by Gasteiger charge is 2.31. The van der Waals surface area contributed by atoms with Gasteiger partial charge in [-0.15, -0.1) is 13.2 Å². The van der Waals surface area contributed by atoms with E-state index in [0.717, 1.165) is 6.21 Å². The van der Waals surface area contributed by atoms with E-state index in [9.17, 15) is 13.2 Å². The molecular formula is C6H8F3NO. The minimum Gasteiger partial charge on any atom is -0.405 e. The number of hydrogen-bond acceptors (Lipinski definition) is 2. The van der Waals surface area contributed by atoms with Crippen molar-refractivity contribution in [3.63, 3.8) is 0 Å². The van der Waals surface area contributed by atoms with Gasteiger partial charge >= 0.3 is 6.36 Å². The van der Waals surface area contributed by atoms with Crippen molar-refractivity contribution in [3.8, 4) is 0 Å². The van der Waals surface area contributed by atoms with Crippen molar-refractivity contribution in [2.45, 2.75) is 13.3 Å². The summed E-state index contributed by atoms with van der Waals surface area (Å²) in [6, 6.07) is 0. The van der Waals surface area contributed by atoms with Crippen molar-refractivity contribution in [1.29, 1.82) is 0 Å². The summed E-state index contributed by atoms with van der Waals surface area (Å²) in [7, 11) is 1.36. The topological polar surface area (TPSA) is 21.6 Å². The van der Waals surface area contributed by atoms with Crippen LogP contribution in [0.4, 0.5) is 13.2 Å². The molecule has 0 saturated carbocycles. The van der Waals surface area contributed by atoms with E-state index in [-0.39, 0.29) is 5.76 Å². The molecule has 0 spiro atoms. The molecular weight excluding hydrogens is 159 g/mol. The number of nitrogens with zero attached hydrogens (tertiary/aromatic N) is 1. The van der Waals surface area contributed by atoms with Gasteiger partial charge in [0.2, 0.25) is 0 Å². The van der Waals surface area contributed by atoms with Crippen LogP contribution < -0.4 is 0 Å². The third kappa shape index (κ3) is 5.44. The molecule has 0 amide bonds. The SMILES string of the molecule is C/C=C(\C=N/C)OC(F)(F)F. The van der Waals surface area contributed by atoms with E-state index < -0.39 is 6.36 Å². The van der Waals surface area contributed by atoms with Crippen LogP contribution in [0.3, 0.4) is 0 Å². The fourth-order valence-corrected chi connectivity index (χ4v) is 0.421. The zero-order valence-corrected chi connectivity index (χ0v) is 6.14. The molecule has 0 aliphatic rings. The molecule has 0 bridgehead atoms. The molecule has 0 aromatic rings. The summed E-state index contributed by atoms with van der Waals surface area (Å²) < 4.78 is 38.0. The number of rotatable bonds is 2. The lowest BCUT2D eigenvalue weighted by Gasteiger charge is -2.07. The van der Waals surface area contributed by atoms with Gasteiger partial charge in [-0.3, -0.25) is 4.99 Å². The second-order valence-electron chi connectivity index (χ2n) is 1.63. The van der Waals surface area contributed by atoms with E-state index in [1.165, 1.54) is 20.0 Å². The van der Waals surface area contributed by atoms with Gasteiger partial charge in [0.05, 0.1) is 6.21 Å². The lowest BCUT2D eigenvalue weighted by atomic mass is 10.5. The highest BCUT2D eigenvalue weighted by atomic mass is 19.4. The summed E-state index contributed by atoms with van der Waals surface area (Å²) >= 11 is 0. The van der Waals surface area contributed by atoms with E-state index in [0.29, 0.717) is 0 Å². The van der Waals surface area contributed by atoms with Crippen LogP contribution >= 0.6 is 0 Å². The number of allylic oxidation sites excluding steroid dienone is 2. The Morgan fingerprint density at radius 2 is 2.00 bits per heavy atom. The predicted octanol–water partition coefficient (Wildman–Crippen LogP) is 2.13. The first-order chi connectivity index (χ1) is 4.99. The molecule has 0 aliphatic heterocycles. The Kier molecular flexibility index (Phi) is 3.64. The maximum absolute atomic E-state index is 11.5. The largest absolute Gasteiger partial charge is 0.573 e. The van der Waals surface area contributed by atoms with Crippen LogP contribution in [0, 0.1) is 0 Å². The Hall–Kier alpha value is -1.00. The zero-order chi connectivity index (χ0) is 8.91. The first kappa shape index (κ1) is 10.0. The number of alkyl halides is 3. The molecule has 2 nitrogen and oxygen atoms in total. The van der Waals surface area contributed by atoms with Gasteiger partial charge < -0.3 is 4.74 Å². The Labute approximate surface area is 62.4 Å². The minimum atomic E-state index is -4.64. The second-order valence-corrected chi connectivity index (χ2v) is 1.63. The number of ether oxygens (including phenoxy) is 1. The summed E-state index contributed by atoms with van der Waals surface area (Å²) in [5.74, 6) is -0.306. The van der Waals surface area contributed by atoms with Crippen LogP contribution in [-0.2, 0) is 4.74 Å². The third-order valence-corrected chi connectivity index (χ3v) is 0.774. The summed E-state index contributed by atoms with van der Waals surface area (Å²) in [5.41, 5.74) is 0. The first-order valence-corrected chi connectivity index (χ1v) is 2.84. The molecule has 5 heteroatoms. The minimum absolute atomic E-state index is 0.306. The summed E-state index contributed by atoms with van der Waals surface area (Å²) in [4.78, 5) is 3.37. The monoisotopic (exact) mass is 167 g/mol. The molecule has 0 rings (SSSR count). The van der Waals surface area contributed by atoms with Gasteiger partial charge in [-0.05, 0) is 13.0 Å². The summed E-state index contributed by atoms with van der Waals surface area (Å²) in [5, 5.41) is 0. The van der Waals surface area contributed by atoms with Crippen LogP contribution in [0.1, 0.15) is 6.92 Å². The first-order valence-electron chi connectivity index (χ1n) is 2.84. The van der Waals surface area contributed by atoms with Crippen molar-refractivity contribution >= 4 is 6.21 Å². The van der Waals surface area contributed by atoms with Crippen molar-refractivity contribution in [3.05, 3.63) is 11.8 Å². The van der Waals surface area contributed by atoms with Gasteiger partial charge in [0.1, 0.15) is 5.76 Å². The number of aliphatic imine (C=N–C) groups is 1. The normalized spacial score (nSPS) is 14.1. The quantitative estimate of drug-likeness (QED) is 0.456. The highest BCUT2D eigenvalue weighted by Crippen LogP contribution is 2.19. The van der Waals surface area contributed by atoms with Crippen LogP contribution in [0.15, 0.2) is 16.8 Å². The van der Waals surface area contributed by atoms with E-state index in [1.807, 2.05) is 0 Å². The Morgan fingerprint density at radius 1 is 1.45 bits per heavy atom. The van der Waals surface area contributed by atoms with Crippen molar-refractivity contribution in [1.82, 2.24) is 0 Å². The lowest BCUT2D eigenvalue weighted by molar-refractivity contribution is -0.301. The van der Waals surface area contributed by atoms with Gasteiger partial charge in [-0.2, -0.15) is 0 Å². The number of hydrogen-bond donors (Lipinski definition) is 0. The molecule has 0 aromatic heterocycles. The van der Waals surface area contributed by atoms with E-state index in [2.05, 4.69) is 9.73 Å². The van der Waals surface area contributed by atoms with Gasteiger partial charge in [0.25, 0.3) is 0 Å². The van der Waals surface area contributed by atoms with Crippen LogP contribution in [-0.4, -0.2) is 19.6 Å². The Bertz CT molecular complexity index is 171. The standard InChI is InChI=1S/C6H8F3NO/c1-3-5(4-10-2)11-6(7,8)9/h3-4H,1-2H3/b5-3+,10-4-. The van der Waals surface area contributed by atoms with Crippen LogP contribution in [0.5, 0.6) is 0 Å². The fraction of sp³-hybridized carbons (Fsp3) is 0.500. The van der Waals surface area contributed by atoms with Crippen molar-refractivity contribution in [2.24, 2.45) is 4.99 Å². The molecule has 0 N–H and O–H groups in total. The lowest BCUT2D eigenvalue weighted by Crippen LogP contribution is -2.13. The second kappa shape index (κ2) is 4.00. The molecule has 64 valence electrons. The van der Waals surface area contributed by atoms with Crippen molar-refractivity contribution < 1.29 is 17.9 Å². The van der Waals surface area contributed by atoms with Gasteiger partial charge in [-0.1, -0.05) is 0 Å². The predicted molar refractivity (Wildman–Crippen MR) is 35.3 cm³/mol. The molecule has 0 saturated heterocycles. The molecule has 0 aliphatic carbocycles. The van der Waals surface area contributed by atoms with E-state index >= 15 is 0 Å². The number of halogens is 3. The van der Waals surface area contributed by atoms with Crippen molar-refractivity contribution in [2.75, 3.05) is 7.05 Å². The molecule has 0 radical (unpaired) electrons.